The molecule has 11 heteroatoms. The van der Waals surface area contributed by atoms with E-state index in [1.54, 1.807) is 50.1 Å². The van der Waals surface area contributed by atoms with Crippen LogP contribution in [0.3, 0.4) is 0 Å². The minimum Gasteiger partial charge on any atom is -0.358 e. The Bertz CT molecular complexity index is 1220. The van der Waals surface area contributed by atoms with Gasteiger partial charge in [0.1, 0.15) is 11.9 Å². The first-order valence-electron chi connectivity index (χ1n) is 13.9. The molecule has 8 nitrogen and oxygen atoms in total. The molecule has 0 bridgehead atoms. The molecular formula is C30H40Cl2FN5O3. The van der Waals surface area contributed by atoms with Gasteiger partial charge in [0.05, 0.1) is 11.6 Å². The zero-order chi connectivity index (χ0) is 30.3. The molecule has 0 saturated carbocycles. The molecule has 41 heavy (non-hydrogen) atoms. The number of nitrogens with one attached hydrogen (secondary N) is 2. The fourth-order valence-corrected chi connectivity index (χ4v) is 5.57. The van der Waals surface area contributed by atoms with E-state index in [2.05, 4.69) is 15.5 Å². The third-order valence-corrected chi connectivity index (χ3v) is 7.97. The number of piperazine rings is 1. The molecule has 3 amide bonds. The van der Waals surface area contributed by atoms with Crippen molar-refractivity contribution in [2.75, 3.05) is 26.7 Å². The number of nitrogens with zero attached hydrogens (tertiary/aromatic N) is 2. The molecule has 1 heterocycles. The number of carbonyl (C=O) groups excluding carboxylic acids is 3. The summed E-state index contributed by atoms with van der Waals surface area (Å²) in [7, 11) is 1.60. The monoisotopic (exact) mass is 607 g/mol. The first-order chi connectivity index (χ1) is 19.3. The largest absolute Gasteiger partial charge is 0.358 e. The van der Waals surface area contributed by atoms with Crippen LogP contribution in [0, 0.1) is 5.82 Å². The van der Waals surface area contributed by atoms with Crippen LogP contribution >= 0.6 is 23.2 Å². The number of likely N-dealkylation sites (N-methyl/N-ethyl adjacent to an activating group) is 1. The third-order valence-electron chi connectivity index (χ3n) is 7.38. The van der Waals surface area contributed by atoms with E-state index in [9.17, 15) is 18.8 Å². The summed E-state index contributed by atoms with van der Waals surface area (Å²) in [5, 5.41) is 6.61. The van der Waals surface area contributed by atoms with Gasteiger partial charge in [0.15, 0.2) is 0 Å². The molecule has 2 aromatic carbocycles. The maximum Gasteiger partial charge on any atom is 0.245 e. The van der Waals surface area contributed by atoms with Crippen molar-refractivity contribution in [3.63, 3.8) is 0 Å². The zero-order valence-electron chi connectivity index (χ0n) is 24.1. The van der Waals surface area contributed by atoms with E-state index in [1.807, 2.05) is 13.0 Å². The number of amides is 3. The summed E-state index contributed by atoms with van der Waals surface area (Å²) in [4.78, 5) is 43.8. The summed E-state index contributed by atoms with van der Waals surface area (Å²) in [6.45, 7) is 6.49. The van der Waals surface area contributed by atoms with Gasteiger partial charge in [-0.2, -0.15) is 0 Å². The number of nitrogens with two attached hydrogens (primary N) is 1. The van der Waals surface area contributed by atoms with Gasteiger partial charge in [-0.25, -0.2) is 4.39 Å². The molecular weight excluding hydrogens is 568 g/mol. The average Bonchev–Trinajstić information content (AvgIpc) is 2.92. The Labute approximate surface area is 251 Å². The fraction of sp³-hybridized carbons (Fsp3) is 0.500. The lowest BCUT2D eigenvalue weighted by atomic mass is 9.97. The summed E-state index contributed by atoms with van der Waals surface area (Å²) < 4.78 is 13.5. The molecule has 2 aromatic rings. The van der Waals surface area contributed by atoms with E-state index in [-0.39, 0.29) is 30.1 Å². The molecule has 3 unspecified atom stereocenters. The number of rotatable bonds is 11. The molecule has 4 N–H and O–H groups in total. The minimum atomic E-state index is -1.19. The number of benzene rings is 2. The second-order valence-corrected chi connectivity index (χ2v) is 12.0. The first kappa shape index (κ1) is 32.8. The maximum atomic E-state index is 14.0. The molecule has 0 aliphatic carbocycles. The van der Waals surface area contributed by atoms with Crippen molar-refractivity contribution in [3.05, 3.63) is 69.5 Å². The Kier molecular flexibility index (Phi) is 11.6. The highest BCUT2D eigenvalue weighted by molar-refractivity contribution is 6.35. The van der Waals surface area contributed by atoms with Gasteiger partial charge in [-0.15, -0.1) is 0 Å². The second kappa shape index (κ2) is 14.4. The summed E-state index contributed by atoms with van der Waals surface area (Å²) in [5.74, 6) is -1.21. The van der Waals surface area contributed by atoms with Gasteiger partial charge in [0.25, 0.3) is 0 Å². The van der Waals surface area contributed by atoms with Crippen LogP contribution in [0.15, 0.2) is 42.5 Å². The van der Waals surface area contributed by atoms with Crippen molar-refractivity contribution in [1.29, 1.82) is 0 Å². The molecule has 0 spiro atoms. The average molecular weight is 609 g/mol. The van der Waals surface area contributed by atoms with Gasteiger partial charge in [-0.1, -0.05) is 54.7 Å². The van der Waals surface area contributed by atoms with E-state index in [4.69, 9.17) is 28.9 Å². The molecule has 3 rings (SSSR count). The molecule has 0 radical (unpaired) electrons. The van der Waals surface area contributed by atoms with Gasteiger partial charge in [-0.05, 0) is 62.1 Å². The Balaban J connectivity index is 1.85. The number of halogens is 3. The van der Waals surface area contributed by atoms with Gasteiger partial charge in [0.2, 0.25) is 17.7 Å². The molecule has 1 aliphatic heterocycles. The highest BCUT2D eigenvalue weighted by Gasteiger charge is 2.39. The minimum absolute atomic E-state index is 0.141. The predicted molar refractivity (Wildman–Crippen MR) is 160 cm³/mol. The highest BCUT2D eigenvalue weighted by atomic mass is 35.5. The van der Waals surface area contributed by atoms with Crippen LogP contribution in [0.1, 0.15) is 44.7 Å². The molecule has 1 saturated heterocycles. The topological polar surface area (TPSA) is 108 Å². The van der Waals surface area contributed by atoms with E-state index < -0.39 is 23.5 Å². The van der Waals surface area contributed by atoms with E-state index >= 15 is 0 Å². The van der Waals surface area contributed by atoms with Gasteiger partial charge >= 0.3 is 0 Å². The Hall–Kier alpha value is -2.72. The van der Waals surface area contributed by atoms with E-state index in [0.29, 0.717) is 48.1 Å². The van der Waals surface area contributed by atoms with Crippen LogP contribution in [0.5, 0.6) is 0 Å². The fourth-order valence-electron chi connectivity index (χ4n) is 5.08. The van der Waals surface area contributed by atoms with Crippen molar-refractivity contribution in [3.8, 4) is 0 Å². The molecule has 0 aromatic heterocycles. The van der Waals surface area contributed by atoms with Crippen molar-refractivity contribution >= 4 is 40.9 Å². The van der Waals surface area contributed by atoms with Crippen LogP contribution < -0.4 is 16.4 Å². The number of hydrogen-bond acceptors (Lipinski definition) is 5. The van der Waals surface area contributed by atoms with E-state index in [0.717, 1.165) is 12.0 Å². The summed E-state index contributed by atoms with van der Waals surface area (Å²) in [6.07, 6.45) is 2.11. The quantitative estimate of drug-likeness (QED) is 0.362. The standard InChI is InChI=1S/C30H40Cl2FN5O3/c1-5-6-23-18-37(26(27(39)35-4)16-20-9-10-21(31)17-24(20)32)13-14-38(23)28(40)25(36-29(41)30(2,3)34)15-19-7-11-22(33)12-8-19/h7-12,17,23,25-26H,5-6,13-16,18,34H2,1-4H3,(H,35,39)(H,36,41). The number of hydrogen-bond donors (Lipinski definition) is 3. The number of carbonyl (C=O) groups is 3. The van der Waals surface area contributed by atoms with Crippen LogP contribution in [0.25, 0.3) is 0 Å². The van der Waals surface area contributed by atoms with Crippen molar-refractivity contribution < 1.29 is 18.8 Å². The van der Waals surface area contributed by atoms with Crippen LogP contribution in [-0.4, -0.2) is 77.9 Å². The van der Waals surface area contributed by atoms with E-state index in [1.165, 1.54) is 12.1 Å². The molecule has 3 atom stereocenters. The van der Waals surface area contributed by atoms with Gasteiger partial charge < -0.3 is 21.3 Å². The van der Waals surface area contributed by atoms with Gasteiger partial charge in [-0.3, -0.25) is 19.3 Å². The summed E-state index contributed by atoms with van der Waals surface area (Å²) in [6, 6.07) is 9.53. The second-order valence-electron chi connectivity index (χ2n) is 11.1. The first-order valence-corrected chi connectivity index (χ1v) is 14.6. The normalized spacial score (nSPS) is 17.6. The lowest BCUT2D eigenvalue weighted by Gasteiger charge is -2.45. The Morgan fingerprint density at radius 1 is 1.10 bits per heavy atom. The maximum absolute atomic E-state index is 14.0. The van der Waals surface area contributed by atoms with Crippen LogP contribution in [-0.2, 0) is 27.2 Å². The predicted octanol–water partition coefficient (Wildman–Crippen LogP) is 3.57. The highest BCUT2D eigenvalue weighted by Crippen LogP contribution is 2.25. The molecule has 224 valence electrons. The summed E-state index contributed by atoms with van der Waals surface area (Å²) in [5.41, 5.74) is 6.35. The van der Waals surface area contributed by atoms with Crippen LogP contribution in [0.4, 0.5) is 4.39 Å². The molecule has 1 fully saturated rings. The third kappa shape index (κ3) is 8.88. The van der Waals surface area contributed by atoms with Crippen molar-refractivity contribution in [2.24, 2.45) is 5.73 Å². The van der Waals surface area contributed by atoms with Crippen LogP contribution in [0.2, 0.25) is 10.0 Å². The lowest BCUT2D eigenvalue weighted by molar-refractivity contribution is -0.143. The molecule has 1 aliphatic rings. The smallest absolute Gasteiger partial charge is 0.245 e. The Morgan fingerprint density at radius 3 is 2.37 bits per heavy atom. The van der Waals surface area contributed by atoms with Gasteiger partial charge in [0, 0.05) is 49.2 Å². The summed E-state index contributed by atoms with van der Waals surface area (Å²) >= 11 is 12.5. The lowest BCUT2D eigenvalue weighted by Crippen LogP contribution is -2.64. The zero-order valence-corrected chi connectivity index (χ0v) is 25.6. The van der Waals surface area contributed by atoms with Crippen molar-refractivity contribution in [1.82, 2.24) is 20.4 Å². The SMILES string of the molecule is CCCC1CN(C(Cc2ccc(Cl)cc2Cl)C(=O)NC)CCN1C(=O)C(Cc1ccc(F)cc1)NC(=O)C(C)(C)N. The Morgan fingerprint density at radius 2 is 1.78 bits per heavy atom. The van der Waals surface area contributed by atoms with Crippen molar-refractivity contribution in [2.45, 2.75) is 70.1 Å².